The second-order valence-corrected chi connectivity index (χ2v) is 8.26. The maximum absolute atomic E-state index is 12.9. The second kappa shape index (κ2) is 8.23. The first-order valence-electron chi connectivity index (χ1n) is 10.4. The highest BCUT2D eigenvalue weighted by Gasteiger charge is 2.24. The number of fused-ring (bicyclic) bond motifs is 1. The molecule has 0 radical (unpaired) electrons. The molecule has 1 aliphatic rings. The molecule has 2 aromatic heterocycles. The summed E-state index contributed by atoms with van der Waals surface area (Å²) in [5.74, 6) is 1.01. The van der Waals surface area contributed by atoms with E-state index in [-0.39, 0.29) is 11.9 Å². The molecule has 0 aliphatic carbocycles. The highest BCUT2D eigenvalue weighted by Crippen LogP contribution is 2.25. The number of hydrogen-bond acceptors (Lipinski definition) is 4. The minimum atomic E-state index is 0.0636. The van der Waals surface area contributed by atoms with Crippen molar-refractivity contribution in [3.8, 4) is 5.75 Å². The average molecular weight is 393 g/mol. The van der Waals surface area contributed by atoms with Gasteiger partial charge in [-0.25, -0.2) is 9.67 Å². The van der Waals surface area contributed by atoms with E-state index in [1.807, 2.05) is 27.8 Å². The largest absolute Gasteiger partial charge is 0.508 e. The molecule has 1 fully saturated rings. The Labute approximate surface area is 171 Å². The lowest BCUT2D eigenvalue weighted by molar-refractivity contribution is 0.0686. The van der Waals surface area contributed by atoms with Crippen molar-refractivity contribution in [2.24, 2.45) is 5.92 Å². The lowest BCUT2D eigenvalue weighted by Crippen LogP contribution is -2.38. The van der Waals surface area contributed by atoms with Crippen LogP contribution in [0.15, 0.2) is 42.7 Å². The summed E-state index contributed by atoms with van der Waals surface area (Å²) in [7, 11) is 0. The van der Waals surface area contributed by atoms with Crippen molar-refractivity contribution < 1.29 is 9.90 Å². The third-order valence-electron chi connectivity index (χ3n) is 5.85. The molecule has 0 unspecified atom stereocenters. The lowest BCUT2D eigenvalue weighted by Gasteiger charge is -2.32. The third kappa shape index (κ3) is 4.26. The smallest absolute Gasteiger partial charge is 0.255 e. The molecule has 1 aromatic carbocycles. The van der Waals surface area contributed by atoms with Crippen molar-refractivity contribution in [1.29, 1.82) is 0 Å². The summed E-state index contributed by atoms with van der Waals surface area (Å²) in [6.07, 6.45) is 7.67. The predicted octanol–water partition coefficient (Wildman–Crippen LogP) is 4.20. The van der Waals surface area contributed by atoms with Crippen LogP contribution in [-0.2, 0) is 6.42 Å². The zero-order valence-electron chi connectivity index (χ0n) is 17.1. The Kier molecular flexibility index (Phi) is 5.51. The number of aromatic hydroxyl groups is 1. The van der Waals surface area contributed by atoms with Crippen LogP contribution in [0.3, 0.4) is 0 Å². The lowest BCUT2D eigenvalue weighted by atomic mass is 9.90. The van der Waals surface area contributed by atoms with Crippen LogP contribution in [0.1, 0.15) is 55.1 Å². The Bertz CT molecular complexity index is 986. The number of likely N-dealkylation sites (tertiary alicyclic amines) is 1. The minimum absolute atomic E-state index is 0.0636. The molecule has 6 heteroatoms. The van der Waals surface area contributed by atoms with E-state index in [4.69, 9.17) is 0 Å². The van der Waals surface area contributed by atoms with E-state index >= 15 is 0 Å². The van der Waals surface area contributed by atoms with E-state index in [1.54, 1.807) is 24.5 Å². The van der Waals surface area contributed by atoms with E-state index < -0.39 is 0 Å². The number of aryl methyl sites for hydroxylation is 1. The van der Waals surface area contributed by atoms with E-state index in [0.717, 1.165) is 49.8 Å². The highest BCUT2D eigenvalue weighted by molar-refractivity contribution is 5.96. The molecule has 1 amide bonds. The summed E-state index contributed by atoms with van der Waals surface area (Å²) in [6, 6.07) is 9.60. The summed E-state index contributed by atoms with van der Waals surface area (Å²) in [6.45, 7) is 5.72. The first-order valence-corrected chi connectivity index (χ1v) is 10.4. The van der Waals surface area contributed by atoms with Crippen LogP contribution in [0.4, 0.5) is 0 Å². The Morgan fingerprint density at radius 2 is 1.90 bits per heavy atom. The maximum Gasteiger partial charge on any atom is 0.255 e. The molecule has 1 N–H and O–H groups in total. The molecule has 0 atom stereocenters. The quantitative estimate of drug-likeness (QED) is 0.706. The summed E-state index contributed by atoms with van der Waals surface area (Å²) >= 11 is 0. The van der Waals surface area contributed by atoms with E-state index in [1.165, 1.54) is 5.56 Å². The zero-order chi connectivity index (χ0) is 20.4. The number of piperidine rings is 1. The van der Waals surface area contributed by atoms with E-state index in [9.17, 15) is 9.90 Å². The van der Waals surface area contributed by atoms with Gasteiger partial charge in [-0.05, 0) is 69.2 Å². The summed E-state index contributed by atoms with van der Waals surface area (Å²) in [4.78, 5) is 19.4. The van der Waals surface area contributed by atoms with Crippen LogP contribution < -0.4 is 0 Å². The standard InChI is InChI=1S/C23H28N4O2/c1-16(2)27-22-19(15-25-27)13-20(14-24-22)23(29)26-11-9-18(10-12-26)4-3-17-5-7-21(28)8-6-17/h5-8,13-16,18,28H,3-4,9-12H2,1-2H3. The monoisotopic (exact) mass is 392 g/mol. The first-order chi connectivity index (χ1) is 14.0. The number of aromatic nitrogens is 3. The average Bonchev–Trinajstić information content (AvgIpc) is 3.17. The van der Waals surface area contributed by atoms with Gasteiger partial charge < -0.3 is 10.0 Å². The number of hydrogen-bond donors (Lipinski definition) is 1. The fourth-order valence-electron chi connectivity index (χ4n) is 4.08. The normalized spacial score (nSPS) is 15.3. The van der Waals surface area contributed by atoms with Crippen molar-refractivity contribution in [1.82, 2.24) is 19.7 Å². The van der Waals surface area contributed by atoms with Gasteiger partial charge in [0.1, 0.15) is 5.75 Å². The number of carbonyl (C=O) groups is 1. The fraction of sp³-hybridized carbons (Fsp3) is 0.435. The number of rotatable bonds is 5. The van der Waals surface area contributed by atoms with Crippen LogP contribution >= 0.6 is 0 Å². The number of benzene rings is 1. The van der Waals surface area contributed by atoms with Gasteiger partial charge >= 0.3 is 0 Å². The zero-order valence-corrected chi connectivity index (χ0v) is 17.1. The molecule has 3 aromatic rings. The SMILES string of the molecule is CC(C)n1ncc2cc(C(=O)N3CCC(CCc4ccc(O)cc4)CC3)cnc21. The van der Waals surface area contributed by atoms with Crippen LogP contribution in [0.5, 0.6) is 5.75 Å². The second-order valence-electron chi connectivity index (χ2n) is 8.26. The Morgan fingerprint density at radius 1 is 1.17 bits per heavy atom. The van der Waals surface area contributed by atoms with Gasteiger partial charge in [-0.2, -0.15) is 5.10 Å². The number of amides is 1. The summed E-state index contributed by atoms with van der Waals surface area (Å²) in [5, 5.41) is 14.7. The van der Waals surface area contributed by atoms with Gasteiger partial charge in [-0.1, -0.05) is 12.1 Å². The number of phenols is 1. The van der Waals surface area contributed by atoms with Gasteiger partial charge in [0.15, 0.2) is 5.65 Å². The number of pyridine rings is 1. The van der Waals surface area contributed by atoms with Crippen LogP contribution in [0, 0.1) is 5.92 Å². The highest BCUT2D eigenvalue weighted by atomic mass is 16.3. The third-order valence-corrected chi connectivity index (χ3v) is 5.85. The first kappa shape index (κ1) is 19.4. The Balaban J connectivity index is 1.34. The number of carbonyl (C=O) groups excluding carboxylic acids is 1. The Hall–Kier alpha value is -2.89. The molecule has 152 valence electrons. The molecule has 6 nitrogen and oxygen atoms in total. The molecular weight excluding hydrogens is 364 g/mol. The minimum Gasteiger partial charge on any atom is -0.508 e. The van der Waals surface area contributed by atoms with Crippen molar-refractivity contribution in [3.05, 3.63) is 53.9 Å². The Morgan fingerprint density at radius 3 is 2.59 bits per heavy atom. The molecule has 1 saturated heterocycles. The molecule has 0 spiro atoms. The van der Waals surface area contributed by atoms with E-state index in [0.29, 0.717) is 17.2 Å². The molecule has 4 rings (SSSR count). The van der Waals surface area contributed by atoms with Gasteiger partial charge in [-0.15, -0.1) is 0 Å². The van der Waals surface area contributed by atoms with Crippen molar-refractivity contribution in [3.63, 3.8) is 0 Å². The van der Waals surface area contributed by atoms with Crippen LogP contribution in [0.2, 0.25) is 0 Å². The van der Waals surface area contributed by atoms with Gasteiger partial charge in [0.2, 0.25) is 0 Å². The molecule has 29 heavy (non-hydrogen) atoms. The molecule has 0 saturated carbocycles. The van der Waals surface area contributed by atoms with Crippen molar-refractivity contribution in [2.75, 3.05) is 13.1 Å². The molecule has 0 bridgehead atoms. The van der Waals surface area contributed by atoms with Crippen LogP contribution in [-0.4, -0.2) is 43.8 Å². The molecular formula is C23H28N4O2. The molecule has 1 aliphatic heterocycles. The van der Waals surface area contributed by atoms with Gasteiger partial charge in [0.25, 0.3) is 5.91 Å². The van der Waals surface area contributed by atoms with Crippen molar-refractivity contribution >= 4 is 16.9 Å². The van der Waals surface area contributed by atoms with Gasteiger partial charge in [0, 0.05) is 30.7 Å². The summed E-state index contributed by atoms with van der Waals surface area (Å²) in [5.41, 5.74) is 2.72. The summed E-state index contributed by atoms with van der Waals surface area (Å²) < 4.78 is 1.88. The van der Waals surface area contributed by atoms with Gasteiger partial charge in [-0.3, -0.25) is 4.79 Å². The number of phenolic OH excluding ortho intramolecular Hbond substituents is 1. The van der Waals surface area contributed by atoms with Crippen molar-refractivity contribution in [2.45, 2.75) is 45.6 Å². The maximum atomic E-state index is 12.9. The topological polar surface area (TPSA) is 71.2 Å². The predicted molar refractivity (Wildman–Crippen MR) is 113 cm³/mol. The van der Waals surface area contributed by atoms with Gasteiger partial charge in [0.05, 0.1) is 11.8 Å². The van der Waals surface area contributed by atoms with E-state index in [2.05, 4.69) is 23.9 Å². The molecule has 3 heterocycles. The number of nitrogens with zero attached hydrogens (tertiary/aromatic N) is 4. The fourth-order valence-corrected chi connectivity index (χ4v) is 4.08. The van der Waals surface area contributed by atoms with Crippen LogP contribution in [0.25, 0.3) is 11.0 Å².